The average molecular weight is 308 g/mol. The van der Waals surface area contributed by atoms with Gasteiger partial charge < -0.3 is 4.90 Å². The molecular weight excluding hydrogens is 282 g/mol. The molecule has 116 valence electrons. The van der Waals surface area contributed by atoms with Crippen LogP contribution in [0.4, 0.5) is 5.82 Å². The van der Waals surface area contributed by atoms with E-state index in [-0.39, 0.29) is 0 Å². The molecule has 2 atom stereocenters. The fourth-order valence-electron chi connectivity index (χ4n) is 3.92. The van der Waals surface area contributed by atoms with E-state index in [1.807, 2.05) is 0 Å². The fourth-order valence-corrected chi connectivity index (χ4v) is 4.09. The van der Waals surface area contributed by atoms with Gasteiger partial charge in [-0.2, -0.15) is 0 Å². The first-order valence-corrected chi connectivity index (χ1v) is 8.76. The third kappa shape index (κ3) is 2.90. The lowest BCUT2D eigenvalue weighted by Crippen LogP contribution is -2.47. The molecule has 21 heavy (non-hydrogen) atoms. The fraction of sp³-hybridized carbons (Fsp3) is 0.765. The number of piperidine rings is 1. The van der Waals surface area contributed by atoms with Crippen LogP contribution in [-0.2, 0) is 0 Å². The Morgan fingerprint density at radius 3 is 2.57 bits per heavy atom. The summed E-state index contributed by atoms with van der Waals surface area (Å²) in [5.41, 5.74) is 1.05. The van der Waals surface area contributed by atoms with E-state index >= 15 is 0 Å². The Balaban J connectivity index is 1.98. The summed E-state index contributed by atoms with van der Waals surface area (Å²) in [7, 11) is 0. The lowest BCUT2D eigenvalue weighted by atomic mass is 9.78. The summed E-state index contributed by atoms with van der Waals surface area (Å²) in [6, 6.07) is 0.664. The second-order valence-electron chi connectivity index (χ2n) is 6.92. The van der Waals surface area contributed by atoms with Crippen LogP contribution in [0, 0.1) is 12.8 Å². The number of nitrogens with zero attached hydrogens (tertiary/aromatic N) is 3. The van der Waals surface area contributed by atoms with Crippen LogP contribution in [0.2, 0.25) is 5.15 Å². The van der Waals surface area contributed by atoms with Gasteiger partial charge >= 0.3 is 0 Å². The molecule has 2 fully saturated rings. The van der Waals surface area contributed by atoms with Crippen molar-refractivity contribution in [2.24, 2.45) is 5.92 Å². The first-order valence-electron chi connectivity index (χ1n) is 8.38. The van der Waals surface area contributed by atoms with Gasteiger partial charge in [-0.1, -0.05) is 38.3 Å². The van der Waals surface area contributed by atoms with Crippen LogP contribution < -0.4 is 4.90 Å². The lowest BCUT2D eigenvalue weighted by molar-refractivity contribution is 0.242. The Labute approximate surface area is 133 Å². The summed E-state index contributed by atoms with van der Waals surface area (Å²) >= 11 is 6.38. The largest absolute Gasteiger partial charge is 0.353 e. The van der Waals surface area contributed by atoms with E-state index in [9.17, 15) is 0 Å². The molecule has 0 bridgehead atoms. The second kappa shape index (κ2) is 6.12. The van der Waals surface area contributed by atoms with Crippen LogP contribution in [-0.4, -0.2) is 22.6 Å². The van der Waals surface area contributed by atoms with Crippen molar-refractivity contribution >= 4 is 17.4 Å². The van der Waals surface area contributed by atoms with Crippen LogP contribution >= 0.6 is 11.6 Å². The molecule has 1 aromatic heterocycles. The number of hydrogen-bond donors (Lipinski definition) is 0. The molecule has 0 spiro atoms. The third-order valence-corrected chi connectivity index (χ3v) is 5.48. The van der Waals surface area contributed by atoms with E-state index in [4.69, 9.17) is 16.6 Å². The molecule has 1 aromatic rings. The number of fused-ring (bicyclic) bond motifs is 1. The minimum Gasteiger partial charge on any atom is -0.353 e. The smallest absolute Gasteiger partial charge is 0.137 e. The van der Waals surface area contributed by atoms with Crippen molar-refractivity contribution in [3.05, 3.63) is 16.5 Å². The summed E-state index contributed by atoms with van der Waals surface area (Å²) in [6.07, 6.45) is 8.11. The maximum atomic E-state index is 6.38. The molecule has 0 radical (unpaired) electrons. The highest BCUT2D eigenvalue weighted by molar-refractivity contribution is 6.30. The van der Waals surface area contributed by atoms with Gasteiger partial charge in [0.05, 0.1) is 0 Å². The van der Waals surface area contributed by atoms with Gasteiger partial charge in [0.15, 0.2) is 0 Å². The number of hydrogen-bond acceptors (Lipinski definition) is 3. The van der Waals surface area contributed by atoms with E-state index in [0.29, 0.717) is 17.1 Å². The number of anilines is 1. The Bertz CT molecular complexity index is 513. The number of aromatic nitrogens is 2. The Morgan fingerprint density at radius 2 is 1.81 bits per heavy atom. The summed E-state index contributed by atoms with van der Waals surface area (Å²) in [6.45, 7) is 7.44. The molecule has 0 aromatic carbocycles. The van der Waals surface area contributed by atoms with Gasteiger partial charge in [0, 0.05) is 24.1 Å². The molecule has 1 saturated carbocycles. The molecule has 3 rings (SSSR count). The summed E-state index contributed by atoms with van der Waals surface area (Å²) in [5, 5.41) is 0.627. The first kappa shape index (κ1) is 15.1. The van der Waals surface area contributed by atoms with Crippen molar-refractivity contribution in [3.8, 4) is 0 Å². The molecular formula is C17H26ClN3. The monoisotopic (exact) mass is 307 g/mol. The van der Waals surface area contributed by atoms with Crippen molar-refractivity contribution in [3.63, 3.8) is 0 Å². The SMILES string of the molecule is Cc1c(Cl)nc(C(C)C)nc1N1CCC[C@H]2CCCC[C@H]21. The molecule has 1 aliphatic carbocycles. The zero-order chi connectivity index (χ0) is 15.0. The molecule has 2 heterocycles. The topological polar surface area (TPSA) is 29.0 Å². The number of rotatable bonds is 2. The maximum absolute atomic E-state index is 6.38. The standard InChI is InChI=1S/C17H26ClN3/c1-11(2)16-19-15(18)12(3)17(20-16)21-10-6-8-13-7-4-5-9-14(13)21/h11,13-14H,4-10H2,1-3H3/t13-,14-/m1/s1. The van der Waals surface area contributed by atoms with Crippen LogP contribution in [0.5, 0.6) is 0 Å². The minimum atomic E-state index is 0.314. The Kier molecular flexibility index (Phi) is 4.39. The van der Waals surface area contributed by atoms with Gasteiger partial charge in [0.1, 0.15) is 16.8 Å². The van der Waals surface area contributed by atoms with Crippen molar-refractivity contribution in [2.75, 3.05) is 11.4 Å². The van der Waals surface area contributed by atoms with Crippen LogP contribution in [0.15, 0.2) is 0 Å². The zero-order valence-corrected chi connectivity index (χ0v) is 14.2. The molecule has 0 unspecified atom stereocenters. The zero-order valence-electron chi connectivity index (χ0n) is 13.4. The van der Waals surface area contributed by atoms with E-state index in [1.54, 1.807) is 0 Å². The summed E-state index contributed by atoms with van der Waals surface area (Å²) < 4.78 is 0. The maximum Gasteiger partial charge on any atom is 0.137 e. The lowest BCUT2D eigenvalue weighted by Gasteiger charge is -2.45. The van der Waals surface area contributed by atoms with E-state index in [1.165, 1.54) is 38.5 Å². The van der Waals surface area contributed by atoms with Crippen molar-refractivity contribution in [1.82, 2.24) is 9.97 Å². The molecule has 3 nitrogen and oxygen atoms in total. The van der Waals surface area contributed by atoms with Gasteiger partial charge in [-0.05, 0) is 38.5 Å². The van der Waals surface area contributed by atoms with E-state index in [2.05, 4.69) is 30.7 Å². The molecule has 0 N–H and O–H groups in total. The predicted molar refractivity (Wildman–Crippen MR) is 88.2 cm³/mol. The molecule has 2 aliphatic rings. The van der Waals surface area contributed by atoms with Crippen LogP contribution in [0.3, 0.4) is 0 Å². The summed E-state index contributed by atoms with van der Waals surface area (Å²) in [5.74, 6) is 3.13. The normalized spacial score (nSPS) is 26.0. The van der Waals surface area contributed by atoms with Gasteiger partial charge in [0.2, 0.25) is 0 Å². The highest BCUT2D eigenvalue weighted by atomic mass is 35.5. The number of halogens is 1. The first-order chi connectivity index (χ1) is 10.1. The third-order valence-electron chi connectivity index (χ3n) is 5.11. The molecule has 4 heteroatoms. The van der Waals surface area contributed by atoms with Crippen LogP contribution in [0.1, 0.15) is 69.7 Å². The van der Waals surface area contributed by atoms with E-state index < -0.39 is 0 Å². The Morgan fingerprint density at radius 1 is 1.10 bits per heavy atom. The van der Waals surface area contributed by atoms with Gasteiger partial charge in [-0.15, -0.1) is 0 Å². The second-order valence-corrected chi connectivity index (χ2v) is 7.28. The van der Waals surface area contributed by atoms with Gasteiger partial charge in [-0.3, -0.25) is 0 Å². The molecule has 0 amide bonds. The quantitative estimate of drug-likeness (QED) is 0.740. The highest BCUT2D eigenvalue weighted by Gasteiger charge is 2.35. The average Bonchev–Trinajstić information content (AvgIpc) is 2.49. The summed E-state index contributed by atoms with van der Waals surface area (Å²) in [4.78, 5) is 11.9. The van der Waals surface area contributed by atoms with Crippen molar-refractivity contribution < 1.29 is 0 Å². The van der Waals surface area contributed by atoms with Gasteiger partial charge in [-0.25, -0.2) is 9.97 Å². The Hall–Kier alpha value is -0.830. The molecule has 1 saturated heterocycles. The van der Waals surface area contributed by atoms with Crippen LogP contribution in [0.25, 0.3) is 0 Å². The molecule has 1 aliphatic heterocycles. The van der Waals surface area contributed by atoms with E-state index in [0.717, 1.165) is 29.7 Å². The van der Waals surface area contributed by atoms with Crippen molar-refractivity contribution in [2.45, 2.75) is 71.3 Å². The predicted octanol–water partition coefficient (Wildman–Crippen LogP) is 4.72. The highest BCUT2D eigenvalue weighted by Crippen LogP contribution is 2.39. The van der Waals surface area contributed by atoms with Gasteiger partial charge in [0.25, 0.3) is 0 Å². The van der Waals surface area contributed by atoms with Crippen molar-refractivity contribution in [1.29, 1.82) is 0 Å². The minimum absolute atomic E-state index is 0.314.